The van der Waals surface area contributed by atoms with Gasteiger partial charge in [0.2, 0.25) is 0 Å². The van der Waals surface area contributed by atoms with Crippen LogP contribution in [0.1, 0.15) is 36.6 Å². The zero-order chi connectivity index (χ0) is 8.39. The minimum Gasteiger partial charge on any atom is -0.261 e. The maximum absolute atomic E-state index is 4.48. The molecule has 0 aromatic carbocycles. The second kappa shape index (κ2) is 3.26. The van der Waals surface area contributed by atoms with Gasteiger partial charge in [-0.1, -0.05) is 19.4 Å². The summed E-state index contributed by atoms with van der Waals surface area (Å²) in [6.07, 6.45) is 8.20. The molecule has 1 heterocycles. The minimum absolute atomic E-state index is 1.18. The summed E-state index contributed by atoms with van der Waals surface area (Å²) in [6, 6.07) is 2.35. The molecular weight excluding hydrogens is 146 g/mol. The van der Waals surface area contributed by atoms with Gasteiger partial charge in [0.05, 0.1) is 0 Å². The number of rotatable bonds is 2. The summed E-state index contributed by atoms with van der Waals surface area (Å²) in [5.41, 5.74) is 4.26. The van der Waals surface area contributed by atoms with Crippen LogP contribution in [0.15, 0.2) is 12.3 Å². The lowest BCUT2D eigenvalue weighted by molar-refractivity contribution is 0.898. The molecule has 1 heteroatoms. The second-order valence-electron chi connectivity index (χ2n) is 3.55. The summed E-state index contributed by atoms with van der Waals surface area (Å²) in [6.45, 7) is 2.22. The lowest BCUT2D eigenvalue weighted by Gasteiger charge is -2.01. The molecule has 2 rings (SSSR count). The number of hydrogen-bond donors (Lipinski definition) is 0. The Morgan fingerprint density at radius 1 is 1.42 bits per heavy atom. The topological polar surface area (TPSA) is 12.9 Å². The minimum atomic E-state index is 1.18. The van der Waals surface area contributed by atoms with Crippen LogP contribution in [0, 0.1) is 0 Å². The van der Waals surface area contributed by atoms with Gasteiger partial charge in [-0.25, -0.2) is 0 Å². The van der Waals surface area contributed by atoms with Crippen LogP contribution in [0.4, 0.5) is 0 Å². The molecule has 0 saturated heterocycles. The first-order chi connectivity index (χ1) is 5.90. The summed E-state index contributed by atoms with van der Waals surface area (Å²) in [5.74, 6) is 0. The Morgan fingerprint density at radius 2 is 2.33 bits per heavy atom. The van der Waals surface area contributed by atoms with E-state index in [1.165, 1.54) is 48.9 Å². The molecule has 64 valence electrons. The Hall–Kier alpha value is -0.850. The molecule has 0 spiro atoms. The van der Waals surface area contributed by atoms with E-state index in [9.17, 15) is 0 Å². The van der Waals surface area contributed by atoms with Crippen LogP contribution in [-0.2, 0) is 19.3 Å². The van der Waals surface area contributed by atoms with Gasteiger partial charge in [0.25, 0.3) is 0 Å². The highest BCUT2D eigenvalue weighted by atomic mass is 14.7. The maximum Gasteiger partial charge on any atom is 0.0435 e. The Labute approximate surface area is 73.8 Å². The standard InChI is InChI=1S/C11H15N/c1-2-4-9-7-10-5-3-6-11(10)12-8-9/h7-8H,2-6H2,1H3. The van der Waals surface area contributed by atoms with Crippen molar-refractivity contribution in [3.05, 3.63) is 29.1 Å². The number of nitrogens with zero attached hydrogens (tertiary/aromatic N) is 1. The zero-order valence-corrected chi connectivity index (χ0v) is 7.64. The van der Waals surface area contributed by atoms with Crippen LogP contribution >= 0.6 is 0 Å². The lowest BCUT2D eigenvalue weighted by atomic mass is 10.1. The van der Waals surface area contributed by atoms with Gasteiger partial charge in [-0.05, 0) is 36.8 Å². The molecule has 1 aromatic heterocycles. The Morgan fingerprint density at radius 3 is 3.17 bits per heavy atom. The first-order valence-electron chi connectivity index (χ1n) is 4.87. The Kier molecular flexibility index (Phi) is 2.11. The highest BCUT2D eigenvalue weighted by Crippen LogP contribution is 2.20. The van der Waals surface area contributed by atoms with E-state index in [0.29, 0.717) is 0 Å². The molecule has 0 amide bonds. The molecule has 0 unspecified atom stereocenters. The predicted molar refractivity (Wildman–Crippen MR) is 50.3 cm³/mol. The van der Waals surface area contributed by atoms with E-state index in [1.807, 2.05) is 6.20 Å². The van der Waals surface area contributed by atoms with Crippen molar-refractivity contribution in [1.82, 2.24) is 4.98 Å². The highest BCUT2D eigenvalue weighted by molar-refractivity contribution is 5.28. The third kappa shape index (κ3) is 1.36. The summed E-state index contributed by atoms with van der Waals surface area (Å²) < 4.78 is 0. The molecule has 1 aliphatic rings. The van der Waals surface area contributed by atoms with Crippen molar-refractivity contribution >= 4 is 0 Å². The van der Waals surface area contributed by atoms with E-state index in [1.54, 1.807) is 0 Å². The SMILES string of the molecule is CCCc1cnc2c(c1)CCC2. The molecule has 12 heavy (non-hydrogen) atoms. The largest absolute Gasteiger partial charge is 0.261 e. The van der Waals surface area contributed by atoms with E-state index in [2.05, 4.69) is 18.0 Å². The van der Waals surface area contributed by atoms with Crippen LogP contribution in [-0.4, -0.2) is 4.98 Å². The number of hydrogen-bond acceptors (Lipinski definition) is 1. The molecule has 1 aromatic rings. The van der Waals surface area contributed by atoms with Gasteiger partial charge in [-0.2, -0.15) is 0 Å². The van der Waals surface area contributed by atoms with E-state index in [0.717, 1.165) is 0 Å². The number of aromatic nitrogens is 1. The Bertz CT molecular complexity index is 278. The molecule has 0 aliphatic heterocycles. The molecule has 0 atom stereocenters. The van der Waals surface area contributed by atoms with Crippen LogP contribution in [0.3, 0.4) is 0 Å². The molecule has 0 N–H and O–H groups in total. The van der Waals surface area contributed by atoms with Crippen molar-refractivity contribution < 1.29 is 0 Å². The van der Waals surface area contributed by atoms with Crippen LogP contribution < -0.4 is 0 Å². The molecule has 0 bridgehead atoms. The van der Waals surface area contributed by atoms with Gasteiger partial charge in [0, 0.05) is 11.9 Å². The molecular formula is C11H15N. The molecule has 0 fully saturated rings. The van der Waals surface area contributed by atoms with Gasteiger partial charge in [0.15, 0.2) is 0 Å². The van der Waals surface area contributed by atoms with Crippen molar-refractivity contribution in [2.45, 2.75) is 39.0 Å². The number of pyridine rings is 1. The van der Waals surface area contributed by atoms with Crippen molar-refractivity contribution in [3.8, 4) is 0 Å². The van der Waals surface area contributed by atoms with Gasteiger partial charge < -0.3 is 0 Å². The Balaban J connectivity index is 2.26. The fraction of sp³-hybridized carbons (Fsp3) is 0.545. The van der Waals surface area contributed by atoms with Crippen molar-refractivity contribution in [3.63, 3.8) is 0 Å². The van der Waals surface area contributed by atoms with Crippen molar-refractivity contribution in [2.24, 2.45) is 0 Å². The van der Waals surface area contributed by atoms with E-state index in [4.69, 9.17) is 0 Å². The van der Waals surface area contributed by atoms with Gasteiger partial charge in [0.1, 0.15) is 0 Å². The van der Waals surface area contributed by atoms with Crippen molar-refractivity contribution in [1.29, 1.82) is 0 Å². The van der Waals surface area contributed by atoms with E-state index >= 15 is 0 Å². The third-order valence-electron chi connectivity index (χ3n) is 2.51. The normalized spacial score (nSPS) is 14.8. The van der Waals surface area contributed by atoms with E-state index in [-0.39, 0.29) is 0 Å². The first kappa shape index (κ1) is 7.78. The van der Waals surface area contributed by atoms with Gasteiger partial charge in [-0.3, -0.25) is 4.98 Å². The quantitative estimate of drug-likeness (QED) is 0.649. The fourth-order valence-electron chi connectivity index (χ4n) is 1.90. The number of fused-ring (bicyclic) bond motifs is 1. The average Bonchev–Trinajstić information content (AvgIpc) is 2.51. The fourth-order valence-corrected chi connectivity index (χ4v) is 1.90. The van der Waals surface area contributed by atoms with E-state index < -0.39 is 0 Å². The van der Waals surface area contributed by atoms with Crippen LogP contribution in [0.5, 0.6) is 0 Å². The van der Waals surface area contributed by atoms with Crippen molar-refractivity contribution in [2.75, 3.05) is 0 Å². The molecule has 0 saturated carbocycles. The summed E-state index contributed by atoms with van der Waals surface area (Å²) in [5, 5.41) is 0. The second-order valence-corrected chi connectivity index (χ2v) is 3.55. The third-order valence-corrected chi connectivity index (χ3v) is 2.51. The summed E-state index contributed by atoms with van der Waals surface area (Å²) in [4.78, 5) is 4.48. The lowest BCUT2D eigenvalue weighted by Crippen LogP contribution is -1.91. The highest BCUT2D eigenvalue weighted by Gasteiger charge is 2.11. The molecule has 1 aliphatic carbocycles. The van der Waals surface area contributed by atoms with Crippen LogP contribution in [0.2, 0.25) is 0 Å². The van der Waals surface area contributed by atoms with Gasteiger partial charge >= 0.3 is 0 Å². The first-order valence-corrected chi connectivity index (χ1v) is 4.87. The summed E-state index contributed by atoms with van der Waals surface area (Å²) >= 11 is 0. The molecule has 0 radical (unpaired) electrons. The monoisotopic (exact) mass is 161 g/mol. The smallest absolute Gasteiger partial charge is 0.0435 e. The van der Waals surface area contributed by atoms with Crippen LogP contribution in [0.25, 0.3) is 0 Å². The predicted octanol–water partition coefficient (Wildman–Crippen LogP) is 2.52. The van der Waals surface area contributed by atoms with Gasteiger partial charge in [-0.15, -0.1) is 0 Å². The zero-order valence-electron chi connectivity index (χ0n) is 7.64. The maximum atomic E-state index is 4.48. The number of aryl methyl sites for hydroxylation is 3. The molecule has 1 nitrogen and oxygen atoms in total. The average molecular weight is 161 g/mol. The summed E-state index contributed by atoms with van der Waals surface area (Å²) in [7, 11) is 0.